The van der Waals surface area contributed by atoms with E-state index in [9.17, 15) is 24.6 Å². The minimum absolute atomic E-state index is 0.0494. The lowest BCUT2D eigenvalue weighted by Crippen LogP contribution is -2.59. The quantitative estimate of drug-likeness (QED) is 0.0535. The number of unbranched alkanes of at least 4 members (excludes halogenated alkanes) is 10. The molecule has 0 fully saturated rings. The van der Waals surface area contributed by atoms with Gasteiger partial charge >= 0.3 is 20.4 Å². The van der Waals surface area contributed by atoms with E-state index in [0.717, 1.165) is 77.0 Å². The normalized spacial score (nSPS) is 13.8. The molecule has 1 atom stereocenters. The summed E-state index contributed by atoms with van der Waals surface area (Å²) in [5, 5.41) is 5.10. The number of nitrogens with zero attached hydrogens (tertiary/aromatic N) is 1. The highest BCUT2D eigenvalue weighted by atomic mass is 32.3. The summed E-state index contributed by atoms with van der Waals surface area (Å²) >= 11 is 0. The zero-order chi connectivity index (χ0) is 26.1. The van der Waals surface area contributed by atoms with Gasteiger partial charge in [-0.3, -0.25) is 5.41 Å². The van der Waals surface area contributed by atoms with E-state index in [-0.39, 0.29) is 30.2 Å². The Bertz CT molecular complexity index is 728. The molecule has 1 N–H and O–H groups in total. The van der Waals surface area contributed by atoms with Crippen LogP contribution in [0.5, 0.6) is 0 Å². The van der Waals surface area contributed by atoms with E-state index < -0.39 is 30.9 Å². The molecule has 0 saturated heterocycles. The molecule has 0 bridgehead atoms. The van der Waals surface area contributed by atoms with Crippen molar-refractivity contribution in [3.05, 3.63) is 0 Å². The van der Waals surface area contributed by atoms with Gasteiger partial charge in [-0.1, -0.05) is 67.1 Å². The summed E-state index contributed by atoms with van der Waals surface area (Å²) in [7, 11) is -9.88. The van der Waals surface area contributed by atoms with Crippen molar-refractivity contribution in [1.82, 2.24) is 0 Å². The molecule has 204 valence electrons. The van der Waals surface area contributed by atoms with Gasteiger partial charge in [0.15, 0.2) is 5.04 Å². The first kappa shape index (κ1) is 33.4. The zero-order valence-electron chi connectivity index (χ0n) is 21.7. The Kier molecular flexibility index (Phi) is 17.4. The second kappa shape index (κ2) is 17.8. The van der Waals surface area contributed by atoms with Crippen molar-refractivity contribution >= 4 is 25.5 Å². The predicted molar refractivity (Wildman–Crippen MR) is 137 cm³/mol. The average molecular weight is 532 g/mol. The number of rotatable bonds is 22. The number of quaternary nitrogens is 1. The van der Waals surface area contributed by atoms with Gasteiger partial charge in [-0.2, -0.15) is 16.8 Å². The summed E-state index contributed by atoms with van der Waals surface area (Å²) in [5.41, 5.74) is 0. The van der Waals surface area contributed by atoms with Gasteiger partial charge in [0.25, 0.3) is 0 Å². The minimum atomic E-state index is -5.03. The Labute approximate surface area is 208 Å². The van der Waals surface area contributed by atoms with Crippen LogP contribution in [0, 0.1) is 5.41 Å². The van der Waals surface area contributed by atoms with Crippen LogP contribution in [0.15, 0.2) is 0 Å². The van der Waals surface area contributed by atoms with Crippen molar-refractivity contribution in [3.63, 3.8) is 0 Å². The fraction of sp³-hybridized carbons (Fsp3) is 0.958. The smallest absolute Gasteiger partial charge is 0.306 e. The van der Waals surface area contributed by atoms with Crippen molar-refractivity contribution < 1.29 is 29.1 Å². The molecule has 0 aromatic rings. The van der Waals surface area contributed by atoms with Gasteiger partial charge in [-0.25, -0.2) is 0 Å². The van der Waals surface area contributed by atoms with Gasteiger partial charge in [-0.15, -0.1) is 0 Å². The lowest BCUT2D eigenvalue weighted by molar-refractivity contribution is -0.939. The van der Waals surface area contributed by atoms with E-state index in [1.807, 2.05) is 0 Å². The van der Waals surface area contributed by atoms with Crippen molar-refractivity contribution in [2.45, 2.75) is 129 Å². The predicted octanol–water partition coefficient (Wildman–Crippen LogP) is 7.01. The largest absolute Gasteiger partial charge is 0.356 e. The molecule has 10 heteroatoms. The summed E-state index contributed by atoms with van der Waals surface area (Å²) in [6.45, 7) is 8.17. The molecular weight excluding hydrogens is 482 g/mol. The van der Waals surface area contributed by atoms with Crippen LogP contribution in [-0.4, -0.2) is 51.4 Å². The van der Waals surface area contributed by atoms with Crippen LogP contribution in [0.2, 0.25) is 0 Å². The van der Waals surface area contributed by atoms with E-state index in [2.05, 4.69) is 20.8 Å². The molecule has 0 rings (SSSR count). The first-order valence-electron chi connectivity index (χ1n) is 13.3. The van der Waals surface area contributed by atoms with Crippen LogP contribution in [0.3, 0.4) is 0 Å². The van der Waals surface area contributed by atoms with E-state index in [1.54, 1.807) is 0 Å². The fourth-order valence-electron chi connectivity index (χ4n) is 4.74. The van der Waals surface area contributed by atoms with Crippen molar-refractivity contribution in [3.8, 4) is 0 Å². The Morgan fingerprint density at radius 1 is 0.676 bits per heavy atom. The molecule has 1 unspecified atom stereocenters. The zero-order valence-corrected chi connectivity index (χ0v) is 23.3. The molecule has 0 aliphatic rings. The van der Waals surface area contributed by atoms with Crippen LogP contribution in [0.1, 0.15) is 124 Å². The molecule has 0 aliphatic carbocycles. The van der Waals surface area contributed by atoms with Crippen LogP contribution in [0.25, 0.3) is 0 Å². The molecule has 0 aromatic carbocycles. The van der Waals surface area contributed by atoms with Gasteiger partial charge in [0.05, 0.1) is 19.6 Å². The molecule has 6 nitrogen and oxygen atoms in total. The third kappa shape index (κ3) is 14.1. The third-order valence-corrected chi connectivity index (χ3v) is 8.83. The summed E-state index contributed by atoms with van der Waals surface area (Å²) in [5.74, 6) is 0. The van der Waals surface area contributed by atoms with Gasteiger partial charge in [0.2, 0.25) is 5.37 Å². The Hall–Kier alpha value is -0.610. The molecule has 34 heavy (non-hydrogen) atoms. The molecule has 0 saturated carbocycles. The number of hydrogen-bond donors (Lipinski definition) is 1. The van der Waals surface area contributed by atoms with E-state index in [0.29, 0.717) is 19.6 Å². The maximum Gasteiger partial charge on any atom is 0.356 e. The van der Waals surface area contributed by atoms with Gasteiger partial charge in [0, 0.05) is 12.8 Å². The highest BCUT2D eigenvalue weighted by molar-refractivity contribution is 8.01. The number of hydrogen-bond acceptors (Lipinski definition) is 5. The summed E-state index contributed by atoms with van der Waals surface area (Å²) in [4.78, 5) is 0. The average Bonchev–Trinajstić information content (AvgIpc) is 2.75. The third-order valence-electron chi connectivity index (χ3n) is 6.71. The van der Waals surface area contributed by atoms with Gasteiger partial charge in [-0.05, 0) is 51.4 Å². The SMILES string of the molecule is CCCCCC[N+](CCCCCC)(CCCCCC)C(CCCCC(=N)S(=O)(=O)F)S(=O)(=O)F. The Morgan fingerprint density at radius 3 is 1.41 bits per heavy atom. The Balaban J connectivity index is 5.73. The second-order valence-electron chi connectivity index (χ2n) is 9.61. The highest BCUT2D eigenvalue weighted by Gasteiger charge is 2.44. The lowest BCUT2D eigenvalue weighted by atomic mass is 10.1. The van der Waals surface area contributed by atoms with Crippen molar-refractivity contribution in [2.24, 2.45) is 0 Å². The van der Waals surface area contributed by atoms with E-state index in [1.165, 1.54) is 0 Å². The first-order chi connectivity index (χ1) is 15.9. The maximum absolute atomic E-state index is 14.8. The lowest BCUT2D eigenvalue weighted by Gasteiger charge is -2.43. The maximum atomic E-state index is 14.8. The van der Waals surface area contributed by atoms with Crippen LogP contribution in [0.4, 0.5) is 7.77 Å². The van der Waals surface area contributed by atoms with Crippen LogP contribution >= 0.6 is 0 Å². The molecule has 0 heterocycles. The highest BCUT2D eigenvalue weighted by Crippen LogP contribution is 2.29. The van der Waals surface area contributed by atoms with Crippen molar-refractivity contribution in [2.75, 3.05) is 19.6 Å². The van der Waals surface area contributed by atoms with Crippen LogP contribution in [-0.2, 0) is 20.4 Å². The molecule has 0 spiro atoms. The molecule has 0 amide bonds. The van der Waals surface area contributed by atoms with Crippen molar-refractivity contribution in [1.29, 1.82) is 5.41 Å². The first-order valence-corrected chi connectivity index (χ1v) is 16.1. The monoisotopic (exact) mass is 531 g/mol. The van der Waals surface area contributed by atoms with Gasteiger partial charge < -0.3 is 4.48 Å². The summed E-state index contributed by atoms with van der Waals surface area (Å²) < 4.78 is 74.6. The molecular formula is C24H49F2N2O4S2+. The van der Waals surface area contributed by atoms with E-state index in [4.69, 9.17) is 5.41 Å². The minimum Gasteiger partial charge on any atom is -0.306 e. The number of nitrogens with one attached hydrogen (secondary N) is 1. The fourth-order valence-corrected chi connectivity index (χ4v) is 6.42. The second-order valence-corrected chi connectivity index (χ2v) is 12.5. The topological polar surface area (TPSA) is 92.1 Å². The molecule has 0 radical (unpaired) electrons. The summed E-state index contributed by atoms with van der Waals surface area (Å²) in [6.07, 6.45) is 11.9. The number of halogens is 2. The van der Waals surface area contributed by atoms with Gasteiger partial charge in [0.1, 0.15) is 0 Å². The van der Waals surface area contributed by atoms with E-state index >= 15 is 0 Å². The van der Waals surface area contributed by atoms with Crippen LogP contribution < -0.4 is 0 Å². The Morgan fingerprint density at radius 2 is 1.09 bits per heavy atom. The summed E-state index contributed by atoms with van der Waals surface area (Å²) in [6, 6.07) is 0. The standard InChI is InChI=1S/C24H49F2N2O4S2/c1-4-7-10-15-20-28(21-16-11-8-5-2,22-17-12-9-6-3)24(34(26,31)32)19-14-13-18-23(27)33(25,29)30/h24,27H,4-22H2,1-3H3/q+1. The molecule has 0 aliphatic heterocycles. The molecule has 0 aromatic heterocycles.